The normalized spacial score (nSPS) is 20.9. The van der Waals surface area contributed by atoms with Crippen molar-refractivity contribution in [3.05, 3.63) is 35.9 Å². The molecule has 1 heterocycles. The van der Waals surface area contributed by atoms with Crippen molar-refractivity contribution in [2.24, 2.45) is 5.73 Å². The summed E-state index contributed by atoms with van der Waals surface area (Å²) in [6, 6.07) is 7.44. The highest BCUT2D eigenvalue weighted by molar-refractivity contribution is 7.99. The molecule has 2 unspecified atom stereocenters. The molecule has 0 bridgehead atoms. The minimum atomic E-state index is -0.971. The van der Waals surface area contributed by atoms with Gasteiger partial charge in [0.05, 0.1) is 0 Å². The molecule has 0 aliphatic carbocycles. The van der Waals surface area contributed by atoms with Crippen LogP contribution in [0.3, 0.4) is 0 Å². The summed E-state index contributed by atoms with van der Waals surface area (Å²) in [6.45, 7) is 0.432. The van der Waals surface area contributed by atoms with E-state index in [1.54, 1.807) is 23.9 Å². The van der Waals surface area contributed by atoms with Gasteiger partial charge >= 0.3 is 5.97 Å². The molecule has 1 amide bonds. The van der Waals surface area contributed by atoms with Crippen LogP contribution in [0.2, 0.25) is 0 Å². The van der Waals surface area contributed by atoms with Crippen LogP contribution in [0.4, 0.5) is 0 Å². The fraction of sp³-hybridized carbons (Fsp3) is 0.385. The topological polar surface area (TPSA) is 83.6 Å². The van der Waals surface area contributed by atoms with Crippen LogP contribution in [0.5, 0.6) is 0 Å². The average Bonchev–Trinajstić information content (AvgIpc) is 2.46. The summed E-state index contributed by atoms with van der Waals surface area (Å²) in [6.07, 6.45) is 0. The average molecular weight is 280 g/mol. The van der Waals surface area contributed by atoms with Crippen molar-refractivity contribution in [1.82, 2.24) is 4.90 Å². The van der Waals surface area contributed by atoms with E-state index in [1.165, 1.54) is 4.90 Å². The number of thioether (sulfide) groups is 1. The lowest BCUT2D eigenvalue weighted by Crippen LogP contribution is -2.52. The zero-order chi connectivity index (χ0) is 13.8. The second-order valence-corrected chi connectivity index (χ2v) is 5.50. The monoisotopic (exact) mass is 280 g/mol. The molecule has 1 aliphatic heterocycles. The van der Waals surface area contributed by atoms with Crippen LogP contribution >= 0.6 is 11.8 Å². The van der Waals surface area contributed by atoms with Gasteiger partial charge in [-0.3, -0.25) is 4.79 Å². The number of nitrogens with two attached hydrogens (primary N) is 1. The van der Waals surface area contributed by atoms with Gasteiger partial charge in [-0.25, -0.2) is 4.79 Å². The van der Waals surface area contributed by atoms with E-state index in [-0.39, 0.29) is 5.91 Å². The number of hydrogen-bond acceptors (Lipinski definition) is 4. The molecular weight excluding hydrogens is 264 g/mol. The standard InChI is InChI=1S/C13H16N2O3S/c14-11(9-4-2-1-3-5-9)12(16)15-6-7-19-8-10(15)13(17)18/h1-5,10-11H,6-8,14H2,(H,17,18). The molecule has 1 aromatic carbocycles. The summed E-state index contributed by atoms with van der Waals surface area (Å²) in [5, 5.41) is 9.16. The first-order chi connectivity index (χ1) is 9.11. The van der Waals surface area contributed by atoms with E-state index in [4.69, 9.17) is 10.8 Å². The van der Waals surface area contributed by atoms with Crippen molar-refractivity contribution in [3.63, 3.8) is 0 Å². The summed E-state index contributed by atoms with van der Waals surface area (Å²) in [7, 11) is 0. The van der Waals surface area contributed by atoms with Gasteiger partial charge in [-0.1, -0.05) is 30.3 Å². The fourth-order valence-corrected chi connectivity index (χ4v) is 3.09. The Hall–Kier alpha value is -1.53. The number of hydrogen-bond donors (Lipinski definition) is 2. The van der Waals surface area contributed by atoms with E-state index in [2.05, 4.69) is 0 Å². The van der Waals surface area contributed by atoms with Gasteiger partial charge in [-0.05, 0) is 5.56 Å². The smallest absolute Gasteiger partial charge is 0.327 e. The van der Waals surface area contributed by atoms with E-state index in [0.717, 1.165) is 5.75 Å². The largest absolute Gasteiger partial charge is 0.480 e. The van der Waals surface area contributed by atoms with Crippen molar-refractivity contribution in [2.45, 2.75) is 12.1 Å². The van der Waals surface area contributed by atoms with E-state index in [1.807, 2.05) is 18.2 Å². The first-order valence-corrected chi connectivity index (χ1v) is 7.18. The van der Waals surface area contributed by atoms with Crippen LogP contribution in [-0.2, 0) is 9.59 Å². The summed E-state index contributed by atoms with van der Waals surface area (Å²) in [5.41, 5.74) is 6.64. The van der Waals surface area contributed by atoms with Crippen LogP contribution in [-0.4, -0.2) is 46.0 Å². The Labute approximate surface area is 115 Å². The molecule has 6 heteroatoms. The third-order valence-electron chi connectivity index (χ3n) is 3.12. The van der Waals surface area contributed by atoms with E-state index in [9.17, 15) is 9.59 Å². The van der Waals surface area contributed by atoms with Gasteiger partial charge < -0.3 is 15.7 Å². The molecular formula is C13H16N2O3S. The Morgan fingerprint density at radius 2 is 2.05 bits per heavy atom. The highest BCUT2D eigenvalue weighted by Crippen LogP contribution is 2.21. The Balaban J connectivity index is 2.15. The van der Waals surface area contributed by atoms with E-state index in [0.29, 0.717) is 17.9 Å². The predicted molar refractivity (Wildman–Crippen MR) is 73.8 cm³/mol. The number of aliphatic carboxylic acids is 1. The van der Waals surface area contributed by atoms with Crippen molar-refractivity contribution in [1.29, 1.82) is 0 Å². The van der Waals surface area contributed by atoms with Gasteiger partial charge in [0, 0.05) is 18.1 Å². The first-order valence-electron chi connectivity index (χ1n) is 6.03. The second kappa shape index (κ2) is 6.08. The Bertz CT molecular complexity index is 466. The number of carboxylic acid groups (broad SMARTS) is 1. The molecule has 0 aromatic heterocycles. The third kappa shape index (κ3) is 3.08. The quantitative estimate of drug-likeness (QED) is 0.852. The number of carbonyl (C=O) groups excluding carboxylic acids is 1. The molecule has 1 saturated heterocycles. The lowest BCUT2D eigenvalue weighted by Gasteiger charge is -2.34. The predicted octanol–water partition coefficient (Wildman–Crippen LogP) is 0.715. The van der Waals surface area contributed by atoms with Crippen LogP contribution in [0.25, 0.3) is 0 Å². The summed E-state index contributed by atoms with van der Waals surface area (Å²) in [4.78, 5) is 24.9. The number of amides is 1. The summed E-state index contributed by atoms with van der Waals surface area (Å²) in [5.74, 6) is -0.126. The molecule has 1 fully saturated rings. The molecule has 2 atom stereocenters. The van der Waals surface area contributed by atoms with Gasteiger partial charge in [-0.15, -0.1) is 0 Å². The zero-order valence-electron chi connectivity index (χ0n) is 10.4. The molecule has 5 nitrogen and oxygen atoms in total. The van der Waals surface area contributed by atoms with Crippen LogP contribution in [0.15, 0.2) is 30.3 Å². The minimum absolute atomic E-state index is 0.320. The highest BCUT2D eigenvalue weighted by Gasteiger charge is 2.34. The molecule has 0 saturated carbocycles. The summed E-state index contributed by atoms with van der Waals surface area (Å²) >= 11 is 1.54. The number of carbonyl (C=O) groups is 2. The molecule has 3 N–H and O–H groups in total. The van der Waals surface area contributed by atoms with Crippen molar-refractivity contribution in [3.8, 4) is 0 Å². The number of nitrogens with zero attached hydrogens (tertiary/aromatic N) is 1. The maximum absolute atomic E-state index is 12.3. The van der Waals surface area contributed by atoms with Crippen LogP contribution < -0.4 is 5.73 Å². The van der Waals surface area contributed by atoms with E-state index < -0.39 is 18.1 Å². The van der Waals surface area contributed by atoms with Crippen LogP contribution in [0.1, 0.15) is 11.6 Å². The van der Waals surface area contributed by atoms with Crippen molar-refractivity contribution in [2.75, 3.05) is 18.1 Å². The van der Waals surface area contributed by atoms with Gasteiger partial charge in [0.1, 0.15) is 12.1 Å². The van der Waals surface area contributed by atoms with Gasteiger partial charge in [-0.2, -0.15) is 11.8 Å². The minimum Gasteiger partial charge on any atom is -0.480 e. The SMILES string of the molecule is NC(C(=O)N1CCSCC1C(=O)O)c1ccccc1. The molecule has 19 heavy (non-hydrogen) atoms. The number of carboxylic acids is 1. The maximum Gasteiger partial charge on any atom is 0.327 e. The van der Waals surface area contributed by atoms with E-state index >= 15 is 0 Å². The number of benzene rings is 1. The maximum atomic E-state index is 12.3. The first kappa shape index (κ1) is 13.9. The lowest BCUT2D eigenvalue weighted by atomic mass is 10.1. The molecule has 0 spiro atoms. The zero-order valence-corrected chi connectivity index (χ0v) is 11.2. The van der Waals surface area contributed by atoms with Gasteiger partial charge in [0.15, 0.2) is 0 Å². The Morgan fingerprint density at radius 3 is 2.68 bits per heavy atom. The van der Waals surface area contributed by atoms with Crippen molar-refractivity contribution < 1.29 is 14.7 Å². The fourth-order valence-electron chi connectivity index (χ4n) is 2.05. The Kier molecular flexibility index (Phi) is 4.44. The van der Waals surface area contributed by atoms with Crippen molar-refractivity contribution >= 4 is 23.6 Å². The third-order valence-corrected chi connectivity index (χ3v) is 4.14. The van der Waals surface area contributed by atoms with Gasteiger partial charge in [0.25, 0.3) is 0 Å². The Morgan fingerprint density at radius 1 is 1.37 bits per heavy atom. The molecule has 0 radical (unpaired) electrons. The molecule has 2 rings (SSSR count). The van der Waals surface area contributed by atoms with Gasteiger partial charge in [0.2, 0.25) is 5.91 Å². The molecule has 1 aliphatic rings. The number of rotatable bonds is 3. The second-order valence-electron chi connectivity index (χ2n) is 4.35. The molecule has 1 aromatic rings. The molecule has 102 valence electrons. The van der Waals surface area contributed by atoms with Crippen LogP contribution in [0, 0.1) is 0 Å². The lowest BCUT2D eigenvalue weighted by molar-refractivity contribution is -0.149. The summed E-state index contributed by atoms with van der Waals surface area (Å²) < 4.78 is 0. The highest BCUT2D eigenvalue weighted by atomic mass is 32.2.